The molecule has 0 aliphatic carbocycles. The second-order valence-corrected chi connectivity index (χ2v) is 4.81. The normalized spacial score (nSPS) is 19.1. The van der Waals surface area contributed by atoms with Crippen LogP contribution in [0.1, 0.15) is 19.8 Å². The van der Waals surface area contributed by atoms with Crippen LogP contribution in [0.5, 0.6) is 0 Å². The standard InChI is InChI=1S/C12H19N5O3/c1-2-20-8-9-4-3-5-16(7-9)12-14-6-10(17(18)19)11(13)15-12/h6,9H,2-5,7-8H2,1H3,(H2,13,14,15). The minimum atomic E-state index is -0.576. The summed E-state index contributed by atoms with van der Waals surface area (Å²) < 4.78 is 5.45. The molecule has 1 aromatic heterocycles. The van der Waals surface area contributed by atoms with Crippen LogP contribution >= 0.6 is 0 Å². The van der Waals surface area contributed by atoms with Gasteiger partial charge in [-0.2, -0.15) is 4.98 Å². The van der Waals surface area contributed by atoms with E-state index in [1.807, 2.05) is 11.8 Å². The molecule has 8 nitrogen and oxygen atoms in total. The number of ether oxygens (including phenoxy) is 1. The average Bonchev–Trinajstić information content (AvgIpc) is 2.45. The fourth-order valence-corrected chi connectivity index (χ4v) is 2.34. The van der Waals surface area contributed by atoms with Gasteiger partial charge in [0.1, 0.15) is 6.20 Å². The van der Waals surface area contributed by atoms with Crippen LogP contribution in [0.25, 0.3) is 0 Å². The van der Waals surface area contributed by atoms with E-state index in [-0.39, 0.29) is 11.5 Å². The van der Waals surface area contributed by atoms with E-state index in [2.05, 4.69) is 9.97 Å². The van der Waals surface area contributed by atoms with Gasteiger partial charge < -0.3 is 15.4 Å². The number of nitrogens with two attached hydrogens (primary N) is 1. The molecule has 0 saturated carbocycles. The number of anilines is 2. The lowest BCUT2D eigenvalue weighted by Crippen LogP contribution is -2.38. The average molecular weight is 281 g/mol. The van der Waals surface area contributed by atoms with E-state index in [1.165, 1.54) is 6.20 Å². The van der Waals surface area contributed by atoms with Gasteiger partial charge in [0.25, 0.3) is 0 Å². The zero-order valence-corrected chi connectivity index (χ0v) is 11.5. The van der Waals surface area contributed by atoms with Gasteiger partial charge in [0.15, 0.2) is 0 Å². The highest BCUT2D eigenvalue weighted by molar-refractivity contribution is 5.53. The first-order valence-corrected chi connectivity index (χ1v) is 6.71. The van der Waals surface area contributed by atoms with Gasteiger partial charge in [-0.1, -0.05) is 0 Å². The third-order valence-corrected chi connectivity index (χ3v) is 3.34. The first-order chi connectivity index (χ1) is 9.61. The molecule has 2 heterocycles. The third kappa shape index (κ3) is 3.32. The van der Waals surface area contributed by atoms with Crippen molar-refractivity contribution in [2.75, 3.05) is 36.9 Å². The molecule has 1 fully saturated rings. The Hall–Kier alpha value is -1.96. The molecule has 0 amide bonds. The van der Waals surface area contributed by atoms with Crippen molar-refractivity contribution in [2.24, 2.45) is 5.92 Å². The van der Waals surface area contributed by atoms with Crippen LogP contribution in [0, 0.1) is 16.0 Å². The number of hydrogen-bond acceptors (Lipinski definition) is 7. The highest BCUT2D eigenvalue weighted by atomic mass is 16.6. The lowest BCUT2D eigenvalue weighted by Gasteiger charge is -2.32. The molecule has 1 aliphatic heterocycles. The zero-order chi connectivity index (χ0) is 14.5. The lowest BCUT2D eigenvalue weighted by atomic mass is 9.99. The highest BCUT2D eigenvalue weighted by Crippen LogP contribution is 2.24. The predicted octanol–water partition coefficient (Wildman–Crippen LogP) is 1.22. The number of rotatable bonds is 5. The maximum atomic E-state index is 10.7. The van der Waals surface area contributed by atoms with Gasteiger partial charge in [-0.25, -0.2) is 4.98 Å². The summed E-state index contributed by atoms with van der Waals surface area (Å²) in [5.41, 5.74) is 5.35. The van der Waals surface area contributed by atoms with Crippen LogP contribution < -0.4 is 10.6 Å². The molecule has 0 aromatic carbocycles. The summed E-state index contributed by atoms with van der Waals surface area (Å²) in [6.45, 7) is 5.02. The number of aromatic nitrogens is 2. The van der Waals surface area contributed by atoms with E-state index in [4.69, 9.17) is 10.5 Å². The Kier molecular flexibility index (Phi) is 4.67. The second-order valence-electron chi connectivity index (χ2n) is 4.81. The summed E-state index contributed by atoms with van der Waals surface area (Å²) in [6, 6.07) is 0. The fourth-order valence-electron chi connectivity index (χ4n) is 2.34. The number of piperidine rings is 1. The van der Waals surface area contributed by atoms with Gasteiger partial charge in [0.05, 0.1) is 11.5 Å². The molecule has 1 aromatic rings. The molecule has 1 aliphatic rings. The van der Waals surface area contributed by atoms with Crippen LogP contribution in [0.2, 0.25) is 0 Å². The maximum Gasteiger partial charge on any atom is 0.329 e. The quantitative estimate of drug-likeness (QED) is 0.638. The third-order valence-electron chi connectivity index (χ3n) is 3.34. The number of nitro groups is 1. The smallest absolute Gasteiger partial charge is 0.329 e. The van der Waals surface area contributed by atoms with E-state index in [1.54, 1.807) is 0 Å². The largest absolute Gasteiger partial charge is 0.381 e. The van der Waals surface area contributed by atoms with Crippen LogP contribution in [-0.2, 0) is 4.74 Å². The molecular formula is C12H19N5O3. The molecular weight excluding hydrogens is 262 g/mol. The minimum Gasteiger partial charge on any atom is -0.381 e. The Bertz CT molecular complexity index is 482. The van der Waals surface area contributed by atoms with Gasteiger partial charge in [-0.05, 0) is 25.7 Å². The van der Waals surface area contributed by atoms with Crippen molar-refractivity contribution in [1.82, 2.24) is 9.97 Å². The molecule has 0 radical (unpaired) electrons. The first-order valence-electron chi connectivity index (χ1n) is 6.71. The van der Waals surface area contributed by atoms with Gasteiger partial charge in [-0.3, -0.25) is 10.1 Å². The van der Waals surface area contributed by atoms with Crippen LogP contribution in [0.15, 0.2) is 6.20 Å². The molecule has 2 rings (SSSR count). The molecule has 2 N–H and O–H groups in total. The minimum absolute atomic E-state index is 0.0908. The Morgan fingerprint density at radius 1 is 1.65 bits per heavy atom. The maximum absolute atomic E-state index is 10.7. The Labute approximate surface area is 117 Å². The second kappa shape index (κ2) is 6.47. The summed E-state index contributed by atoms with van der Waals surface area (Å²) in [4.78, 5) is 20.2. The fraction of sp³-hybridized carbons (Fsp3) is 0.667. The SMILES string of the molecule is CCOCC1CCCN(c2ncc([N+](=O)[O-])c(N)n2)C1. The monoisotopic (exact) mass is 281 g/mol. The Morgan fingerprint density at radius 2 is 2.45 bits per heavy atom. The molecule has 20 heavy (non-hydrogen) atoms. The van der Waals surface area contributed by atoms with Crippen molar-refractivity contribution in [2.45, 2.75) is 19.8 Å². The van der Waals surface area contributed by atoms with E-state index < -0.39 is 4.92 Å². The van der Waals surface area contributed by atoms with Crippen LogP contribution in [0.3, 0.4) is 0 Å². The van der Waals surface area contributed by atoms with Gasteiger partial charge in [0, 0.05) is 19.7 Å². The topological polar surface area (TPSA) is 107 Å². The van der Waals surface area contributed by atoms with Crippen molar-refractivity contribution in [3.63, 3.8) is 0 Å². The molecule has 0 bridgehead atoms. The van der Waals surface area contributed by atoms with Crippen molar-refractivity contribution < 1.29 is 9.66 Å². The molecule has 0 spiro atoms. The molecule has 1 atom stereocenters. The van der Waals surface area contributed by atoms with Crippen LogP contribution in [-0.4, -0.2) is 41.2 Å². The van der Waals surface area contributed by atoms with E-state index in [9.17, 15) is 10.1 Å². The number of nitrogens with zero attached hydrogens (tertiary/aromatic N) is 4. The highest BCUT2D eigenvalue weighted by Gasteiger charge is 2.23. The molecule has 1 unspecified atom stereocenters. The summed E-state index contributed by atoms with van der Waals surface area (Å²) >= 11 is 0. The Morgan fingerprint density at radius 3 is 3.10 bits per heavy atom. The predicted molar refractivity (Wildman–Crippen MR) is 74.5 cm³/mol. The number of nitrogen functional groups attached to an aromatic ring is 1. The first kappa shape index (κ1) is 14.4. The van der Waals surface area contributed by atoms with Gasteiger partial charge in [-0.15, -0.1) is 0 Å². The van der Waals surface area contributed by atoms with Crippen molar-refractivity contribution in [1.29, 1.82) is 0 Å². The van der Waals surface area contributed by atoms with E-state index >= 15 is 0 Å². The Balaban J connectivity index is 2.07. The van der Waals surface area contributed by atoms with Crippen LogP contribution in [0.4, 0.5) is 17.5 Å². The van der Waals surface area contributed by atoms with Gasteiger partial charge in [0.2, 0.25) is 11.8 Å². The summed E-state index contributed by atoms with van der Waals surface area (Å²) in [5, 5.41) is 10.7. The van der Waals surface area contributed by atoms with E-state index in [0.29, 0.717) is 18.5 Å². The molecule has 110 valence electrons. The van der Waals surface area contributed by atoms with Crippen molar-refractivity contribution >= 4 is 17.5 Å². The summed E-state index contributed by atoms with van der Waals surface area (Å²) in [6.07, 6.45) is 3.31. The molecule has 8 heteroatoms. The lowest BCUT2D eigenvalue weighted by molar-refractivity contribution is -0.384. The zero-order valence-electron chi connectivity index (χ0n) is 11.5. The summed E-state index contributed by atoms with van der Waals surface area (Å²) in [7, 11) is 0. The molecule has 1 saturated heterocycles. The van der Waals surface area contributed by atoms with Crippen molar-refractivity contribution in [3.8, 4) is 0 Å². The van der Waals surface area contributed by atoms with Gasteiger partial charge >= 0.3 is 5.69 Å². The van der Waals surface area contributed by atoms with E-state index in [0.717, 1.165) is 32.5 Å². The summed E-state index contributed by atoms with van der Waals surface area (Å²) in [5.74, 6) is 0.796. The number of hydrogen-bond donors (Lipinski definition) is 1. The van der Waals surface area contributed by atoms with Crippen molar-refractivity contribution in [3.05, 3.63) is 16.3 Å².